The Hall–Kier alpha value is -3.38. The number of carbonyl (C=O) groups is 1. The van der Waals surface area contributed by atoms with Gasteiger partial charge in [0.25, 0.3) is 0 Å². The molecule has 1 atom stereocenters. The molecule has 2 aliphatic rings. The van der Waals surface area contributed by atoms with E-state index in [0.29, 0.717) is 12.2 Å². The largest absolute Gasteiger partial charge is 0.478 e. The van der Waals surface area contributed by atoms with E-state index in [-0.39, 0.29) is 11.6 Å². The number of fused-ring (bicyclic) bond motifs is 1. The van der Waals surface area contributed by atoms with E-state index in [1.165, 1.54) is 53.2 Å². The zero-order valence-corrected chi connectivity index (χ0v) is 19.2. The highest BCUT2D eigenvalue weighted by Crippen LogP contribution is 2.41. The van der Waals surface area contributed by atoms with Crippen LogP contribution in [0.15, 0.2) is 60.9 Å². The van der Waals surface area contributed by atoms with Crippen LogP contribution in [-0.4, -0.2) is 48.1 Å². The van der Waals surface area contributed by atoms with Gasteiger partial charge in [0.1, 0.15) is 0 Å². The van der Waals surface area contributed by atoms with Crippen LogP contribution in [0.4, 0.5) is 17.1 Å². The van der Waals surface area contributed by atoms with E-state index in [9.17, 15) is 9.90 Å². The molecule has 0 bridgehead atoms. The smallest absolute Gasteiger partial charge is 0.337 e. The van der Waals surface area contributed by atoms with Crippen LogP contribution in [-0.2, 0) is 6.42 Å². The number of nitrogens with one attached hydrogen (secondary N) is 1. The molecule has 0 spiro atoms. The fraction of sp³-hybridized carbons (Fsp3) is 0.333. The second-order valence-corrected chi connectivity index (χ2v) is 9.16. The predicted octanol–water partition coefficient (Wildman–Crippen LogP) is 5.07. The topological polar surface area (TPSA) is 68.7 Å². The standard InChI is InChI=1S/C27H30N4O2/c1-30-14-12-20-15-22(31(2)21-7-5-19(6-8-21)18-3-4-18)9-10-23(20)26(30)17-29-25-16-28-13-11-24(25)27(32)33/h5-11,13,15-16,18,26,29H,3-4,12,14,17H2,1-2H3,(H,32,33)/t26-/m1/s1. The SMILES string of the molecule is CN(c1ccc(C2CC2)cc1)c1ccc2c(c1)CCN(C)[C@@H]2CNc1cnccc1C(=O)O. The first-order valence-corrected chi connectivity index (χ1v) is 11.6. The van der Waals surface area contributed by atoms with Gasteiger partial charge in [0, 0.05) is 37.7 Å². The van der Waals surface area contributed by atoms with Crippen molar-refractivity contribution in [2.45, 2.75) is 31.2 Å². The minimum Gasteiger partial charge on any atom is -0.478 e. The number of carboxylic acids is 1. The molecule has 0 amide bonds. The van der Waals surface area contributed by atoms with E-state index < -0.39 is 5.97 Å². The molecule has 1 fully saturated rings. The molecule has 0 radical (unpaired) electrons. The van der Waals surface area contributed by atoms with Gasteiger partial charge in [0.15, 0.2) is 0 Å². The molecule has 6 nitrogen and oxygen atoms in total. The summed E-state index contributed by atoms with van der Waals surface area (Å²) in [6.07, 6.45) is 6.73. The molecular formula is C27H30N4O2. The summed E-state index contributed by atoms with van der Waals surface area (Å²) in [5.41, 5.74) is 7.27. The number of rotatable bonds is 7. The van der Waals surface area contributed by atoms with Gasteiger partial charge in [-0.2, -0.15) is 0 Å². The van der Waals surface area contributed by atoms with Crippen molar-refractivity contribution in [2.75, 3.05) is 37.4 Å². The molecule has 1 aliphatic heterocycles. The summed E-state index contributed by atoms with van der Waals surface area (Å²) in [4.78, 5) is 20.2. The Bertz CT molecular complexity index is 1160. The van der Waals surface area contributed by atoms with Gasteiger partial charge < -0.3 is 15.3 Å². The maximum absolute atomic E-state index is 11.5. The highest BCUT2D eigenvalue weighted by molar-refractivity contribution is 5.93. The zero-order chi connectivity index (χ0) is 22.9. The second-order valence-electron chi connectivity index (χ2n) is 9.16. The highest BCUT2D eigenvalue weighted by Gasteiger charge is 2.26. The molecule has 2 heterocycles. The number of pyridine rings is 1. The number of aromatic nitrogens is 1. The number of anilines is 3. The number of aromatic carboxylic acids is 1. The van der Waals surface area contributed by atoms with Crippen molar-refractivity contribution in [1.29, 1.82) is 0 Å². The Kier molecular flexibility index (Phi) is 5.77. The van der Waals surface area contributed by atoms with E-state index in [1.54, 1.807) is 6.20 Å². The molecule has 3 aromatic rings. The van der Waals surface area contributed by atoms with Crippen molar-refractivity contribution < 1.29 is 9.90 Å². The van der Waals surface area contributed by atoms with Crippen LogP contribution < -0.4 is 10.2 Å². The number of carboxylic acid groups (broad SMARTS) is 1. The molecule has 1 aromatic heterocycles. The Morgan fingerprint density at radius 3 is 2.64 bits per heavy atom. The van der Waals surface area contributed by atoms with Crippen molar-refractivity contribution in [3.8, 4) is 0 Å². The van der Waals surface area contributed by atoms with E-state index in [2.05, 4.69) is 76.7 Å². The van der Waals surface area contributed by atoms with Crippen LogP contribution in [0.3, 0.4) is 0 Å². The van der Waals surface area contributed by atoms with Crippen LogP contribution in [0.5, 0.6) is 0 Å². The van der Waals surface area contributed by atoms with Crippen LogP contribution in [0.25, 0.3) is 0 Å². The fourth-order valence-corrected chi connectivity index (χ4v) is 4.76. The highest BCUT2D eigenvalue weighted by atomic mass is 16.4. The third kappa shape index (κ3) is 4.44. The van der Waals surface area contributed by atoms with Gasteiger partial charge in [-0.3, -0.25) is 9.88 Å². The summed E-state index contributed by atoms with van der Waals surface area (Å²) < 4.78 is 0. The quantitative estimate of drug-likeness (QED) is 0.533. The first kappa shape index (κ1) is 21.5. The van der Waals surface area contributed by atoms with Crippen molar-refractivity contribution >= 4 is 23.0 Å². The first-order valence-electron chi connectivity index (χ1n) is 11.6. The molecule has 0 saturated heterocycles. The van der Waals surface area contributed by atoms with Crippen LogP contribution >= 0.6 is 0 Å². The maximum atomic E-state index is 11.5. The van der Waals surface area contributed by atoms with Crippen molar-refractivity contribution in [3.05, 3.63) is 83.2 Å². The minimum absolute atomic E-state index is 0.160. The molecule has 0 unspecified atom stereocenters. The van der Waals surface area contributed by atoms with E-state index >= 15 is 0 Å². The van der Waals surface area contributed by atoms with Gasteiger partial charge in [0.2, 0.25) is 0 Å². The van der Waals surface area contributed by atoms with E-state index in [4.69, 9.17) is 0 Å². The first-order chi connectivity index (χ1) is 16.0. The van der Waals surface area contributed by atoms with Gasteiger partial charge in [-0.25, -0.2) is 4.79 Å². The number of nitrogens with zero attached hydrogens (tertiary/aromatic N) is 3. The number of benzene rings is 2. The maximum Gasteiger partial charge on any atom is 0.337 e. The molecule has 170 valence electrons. The van der Waals surface area contributed by atoms with Gasteiger partial charge in [-0.15, -0.1) is 0 Å². The second kappa shape index (κ2) is 8.87. The summed E-state index contributed by atoms with van der Waals surface area (Å²) in [7, 11) is 4.25. The summed E-state index contributed by atoms with van der Waals surface area (Å²) in [5.74, 6) is -0.177. The average Bonchev–Trinajstić information content (AvgIpc) is 3.68. The van der Waals surface area contributed by atoms with Gasteiger partial charge in [-0.1, -0.05) is 18.2 Å². The van der Waals surface area contributed by atoms with Crippen molar-refractivity contribution in [1.82, 2.24) is 9.88 Å². The number of hydrogen-bond donors (Lipinski definition) is 2. The number of likely N-dealkylation sites (N-methyl/N-ethyl adjacent to an activating group) is 1. The average molecular weight is 443 g/mol. The lowest BCUT2D eigenvalue weighted by atomic mass is 9.92. The molecule has 5 rings (SSSR count). The van der Waals surface area contributed by atoms with Crippen molar-refractivity contribution in [2.24, 2.45) is 0 Å². The van der Waals surface area contributed by atoms with Gasteiger partial charge in [0.05, 0.1) is 23.5 Å². The molecule has 2 N–H and O–H groups in total. The zero-order valence-electron chi connectivity index (χ0n) is 19.2. The van der Waals surface area contributed by atoms with Crippen molar-refractivity contribution in [3.63, 3.8) is 0 Å². The molecule has 1 aliphatic carbocycles. The summed E-state index contributed by atoms with van der Waals surface area (Å²) in [5, 5.41) is 12.8. The summed E-state index contributed by atoms with van der Waals surface area (Å²) in [6, 6.07) is 17.4. The Morgan fingerprint density at radius 2 is 1.91 bits per heavy atom. The third-order valence-corrected chi connectivity index (χ3v) is 7.01. The number of hydrogen-bond acceptors (Lipinski definition) is 5. The minimum atomic E-state index is -0.949. The van der Waals surface area contributed by atoms with Gasteiger partial charge >= 0.3 is 5.97 Å². The fourth-order valence-electron chi connectivity index (χ4n) is 4.76. The third-order valence-electron chi connectivity index (χ3n) is 7.01. The lowest BCUT2D eigenvalue weighted by Crippen LogP contribution is -2.36. The molecule has 2 aromatic carbocycles. The van der Waals surface area contributed by atoms with E-state index in [0.717, 1.165) is 18.9 Å². The molecule has 6 heteroatoms. The molecular weight excluding hydrogens is 412 g/mol. The normalized spacial score (nSPS) is 17.9. The summed E-state index contributed by atoms with van der Waals surface area (Å²) >= 11 is 0. The lowest BCUT2D eigenvalue weighted by Gasteiger charge is -2.36. The van der Waals surface area contributed by atoms with Crippen LogP contribution in [0, 0.1) is 0 Å². The van der Waals surface area contributed by atoms with Gasteiger partial charge in [-0.05, 0) is 79.3 Å². The Labute approximate surface area is 194 Å². The monoisotopic (exact) mass is 442 g/mol. The Morgan fingerprint density at radius 1 is 1.15 bits per heavy atom. The summed E-state index contributed by atoms with van der Waals surface area (Å²) in [6.45, 7) is 1.58. The van der Waals surface area contributed by atoms with Crippen LogP contribution in [0.1, 0.15) is 51.8 Å². The molecule has 1 saturated carbocycles. The molecule has 33 heavy (non-hydrogen) atoms. The van der Waals surface area contributed by atoms with E-state index in [1.807, 2.05) is 0 Å². The Balaban J connectivity index is 1.34. The predicted molar refractivity (Wildman–Crippen MR) is 132 cm³/mol. The lowest BCUT2D eigenvalue weighted by molar-refractivity contribution is 0.0697. The van der Waals surface area contributed by atoms with Crippen LogP contribution in [0.2, 0.25) is 0 Å².